The molecule has 19 heavy (non-hydrogen) atoms. The van der Waals surface area contributed by atoms with Crippen molar-refractivity contribution in [3.8, 4) is 0 Å². The Hall–Kier alpha value is -1.17. The van der Waals surface area contributed by atoms with Gasteiger partial charge in [-0.3, -0.25) is 4.79 Å². The third kappa shape index (κ3) is 3.05. The minimum Gasteiger partial charge on any atom is -0.389 e. The van der Waals surface area contributed by atoms with Crippen molar-refractivity contribution in [2.45, 2.75) is 25.4 Å². The summed E-state index contributed by atoms with van der Waals surface area (Å²) in [7, 11) is 0. The van der Waals surface area contributed by atoms with Crippen molar-refractivity contribution in [1.82, 2.24) is 0 Å². The highest BCUT2D eigenvalue weighted by Gasteiger charge is 2.37. The maximum absolute atomic E-state index is 12.2. The van der Waals surface area contributed by atoms with Gasteiger partial charge in [0.05, 0.1) is 10.7 Å². The lowest BCUT2D eigenvalue weighted by Crippen LogP contribution is -2.39. The van der Waals surface area contributed by atoms with Crippen LogP contribution in [0.3, 0.4) is 0 Å². The summed E-state index contributed by atoms with van der Waals surface area (Å²) in [5.41, 5.74) is 5.95. The molecule has 1 atom stereocenters. The van der Waals surface area contributed by atoms with Gasteiger partial charge in [-0.1, -0.05) is 23.8 Å². The van der Waals surface area contributed by atoms with E-state index in [0.29, 0.717) is 29.3 Å². The van der Waals surface area contributed by atoms with E-state index in [1.807, 2.05) is 0 Å². The van der Waals surface area contributed by atoms with Gasteiger partial charge in [0, 0.05) is 12.2 Å². The molecule has 6 heteroatoms. The number of benzene rings is 1. The molecule has 1 unspecified atom stereocenters. The van der Waals surface area contributed by atoms with Gasteiger partial charge in [-0.25, -0.2) is 0 Å². The third-order valence-corrected chi connectivity index (χ3v) is 3.75. The largest absolute Gasteiger partial charge is 0.389 e. The zero-order valence-corrected chi connectivity index (χ0v) is 12.1. The van der Waals surface area contributed by atoms with E-state index in [0.717, 1.165) is 6.42 Å². The van der Waals surface area contributed by atoms with Gasteiger partial charge >= 0.3 is 0 Å². The number of halogens is 1. The van der Waals surface area contributed by atoms with Gasteiger partial charge in [-0.15, -0.1) is 0 Å². The average Bonchev–Trinajstić information content (AvgIpc) is 2.80. The summed E-state index contributed by atoms with van der Waals surface area (Å²) in [4.78, 5) is 12.4. The standard InChI is InChI=1S/C13H15ClN2O2S/c1-13(5-2-6-18-13)12(17)16-10-4-3-8(11(15)19)7-9(10)14/h3-4,7H,2,5-6H2,1H3,(H2,15,19)(H,16,17). The number of carbonyl (C=O) groups excluding carboxylic acids is 1. The van der Waals surface area contributed by atoms with Crippen LogP contribution >= 0.6 is 23.8 Å². The summed E-state index contributed by atoms with van der Waals surface area (Å²) < 4.78 is 5.48. The average molecular weight is 299 g/mol. The van der Waals surface area contributed by atoms with Crippen molar-refractivity contribution >= 4 is 40.4 Å². The molecule has 102 valence electrons. The Balaban J connectivity index is 2.15. The third-order valence-electron chi connectivity index (χ3n) is 3.20. The minimum atomic E-state index is -0.773. The number of nitrogens with two attached hydrogens (primary N) is 1. The van der Waals surface area contributed by atoms with Crippen LogP contribution in [0.4, 0.5) is 5.69 Å². The second-order valence-electron chi connectivity index (χ2n) is 4.70. The number of amides is 1. The molecule has 4 nitrogen and oxygen atoms in total. The van der Waals surface area contributed by atoms with E-state index >= 15 is 0 Å². The van der Waals surface area contributed by atoms with Crippen molar-refractivity contribution in [3.05, 3.63) is 28.8 Å². The Kier molecular flexibility index (Phi) is 4.08. The maximum Gasteiger partial charge on any atom is 0.256 e. The van der Waals surface area contributed by atoms with Gasteiger partial charge in [-0.2, -0.15) is 0 Å². The van der Waals surface area contributed by atoms with Crippen LogP contribution in [0.15, 0.2) is 18.2 Å². The molecule has 1 amide bonds. The zero-order chi connectivity index (χ0) is 14.0. The van der Waals surface area contributed by atoms with E-state index in [9.17, 15) is 4.79 Å². The molecule has 1 aliphatic heterocycles. The number of ether oxygens (including phenoxy) is 1. The van der Waals surface area contributed by atoms with Crippen LogP contribution in [0.5, 0.6) is 0 Å². The van der Waals surface area contributed by atoms with Gasteiger partial charge in [0.1, 0.15) is 10.6 Å². The molecule has 2 rings (SSSR count). The van der Waals surface area contributed by atoms with Crippen LogP contribution in [0.2, 0.25) is 5.02 Å². The summed E-state index contributed by atoms with van der Waals surface area (Å²) >= 11 is 11.0. The number of carbonyl (C=O) groups is 1. The van der Waals surface area contributed by atoms with E-state index in [2.05, 4.69) is 5.32 Å². The molecular weight excluding hydrogens is 284 g/mol. The molecule has 1 heterocycles. The predicted octanol–water partition coefficient (Wildman–Crippen LogP) is 2.48. The molecule has 0 spiro atoms. The van der Waals surface area contributed by atoms with E-state index in [1.165, 1.54) is 0 Å². The Morgan fingerprint density at radius 1 is 1.58 bits per heavy atom. The fourth-order valence-electron chi connectivity index (χ4n) is 1.98. The lowest BCUT2D eigenvalue weighted by Gasteiger charge is -2.22. The molecule has 1 fully saturated rings. The van der Waals surface area contributed by atoms with Crippen molar-refractivity contribution in [1.29, 1.82) is 0 Å². The summed E-state index contributed by atoms with van der Waals surface area (Å²) in [5.74, 6) is -0.185. The normalized spacial score (nSPS) is 22.2. The highest BCUT2D eigenvalue weighted by atomic mass is 35.5. The number of anilines is 1. The van der Waals surface area contributed by atoms with Crippen molar-refractivity contribution in [3.63, 3.8) is 0 Å². The lowest BCUT2D eigenvalue weighted by atomic mass is 10.0. The monoisotopic (exact) mass is 298 g/mol. The molecule has 3 N–H and O–H groups in total. The molecule has 0 radical (unpaired) electrons. The molecule has 1 aromatic rings. The van der Waals surface area contributed by atoms with E-state index < -0.39 is 5.60 Å². The van der Waals surface area contributed by atoms with Gasteiger partial charge in [0.15, 0.2) is 0 Å². The molecule has 0 bridgehead atoms. The second kappa shape index (κ2) is 5.45. The topological polar surface area (TPSA) is 64.4 Å². The number of hydrogen-bond donors (Lipinski definition) is 2. The van der Waals surface area contributed by atoms with Gasteiger partial charge in [-0.05, 0) is 38.0 Å². The molecule has 1 aliphatic rings. The number of rotatable bonds is 3. The van der Waals surface area contributed by atoms with Crippen LogP contribution < -0.4 is 11.1 Å². The van der Waals surface area contributed by atoms with Crippen molar-refractivity contribution < 1.29 is 9.53 Å². The van der Waals surface area contributed by atoms with Crippen LogP contribution in [-0.2, 0) is 9.53 Å². The lowest BCUT2D eigenvalue weighted by molar-refractivity contribution is -0.133. The summed E-state index contributed by atoms with van der Waals surface area (Å²) in [6, 6.07) is 5.05. The van der Waals surface area contributed by atoms with Crippen LogP contribution in [0, 0.1) is 0 Å². The van der Waals surface area contributed by atoms with Gasteiger partial charge in [0.2, 0.25) is 0 Å². The Labute approximate surface area is 122 Å². The Morgan fingerprint density at radius 3 is 2.84 bits per heavy atom. The van der Waals surface area contributed by atoms with Crippen molar-refractivity contribution in [2.24, 2.45) is 5.73 Å². The van der Waals surface area contributed by atoms with Crippen LogP contribution in [-0.4, -0.2) is 23.1 Å². The Morgan fingerprint density at radius 2 is 2.32 bits per heavy atom. The first-order valence-electron chi connectivity index (χ1n) is 5.97. The van der Waals surface area contributed by atoms with Crippen LogP contribution in [0.1, 0.15) is 25.3 Å². The highest BCUT2D eigenvalue weighted by Crippen LogP contribution is 2.29. The van der Waals surface area contributed by atoms with Crippen molar-refractivity contribution in [2.75, 3.05) is 11.9 Å². The fraction of sp³-hybridized carbons (Fsp3) is 0.385. The predicted molar refractivity (Wildman–Crippen MR) is 79.6 cm³/mol. The first-order chi connectivity index (χ1) is 8.92. The smallest absolute Gasteiger partial charge is 0.256 e. The number of thiocarbonyl (C=S) groups is 1. The molecule has 1 saturated heterocycles. The molecule has 0 aromatic heterocycles. The number of hydrogen-bond acceptors (Lipinski definition) is 3. The molecule has 0 saturated carbocycles. The van der Waals surface area contributed by atoms with E-state index in [-0.39, 0.29) is 10.9 Å². The Bertz CT molecular complexity index is 527. The van der Waals surface area contributed by atoms with Crippen LogP contribution in [0.25, 0.3) is 0 Å². The molecule has 0 aliphatic carbocycles. The second-order valence-corrected chi connectivity index (χ2v) is 5.54. The quantitative estimate of drug-likeness (QED) is 0.842. The zero-order valence-electron chi connectivity index (χ0n) is 10.5. The summed E-state index contributed by atoms with van der Waals surface area (Å²) in [6.07, 6.45) is 1.60. The van der Waals surface area contributed by atoms with E-state index in [4.69, 9.17) is 34.3 Å². The number of nitrogens with one attached hydrogen (secondary N) is 1. The maximum atomic E-state index is 12.2. The molecule has 1 aromatic carbocycles. The molecular formula is C13H15ClN2O2S. The first kappa shape index (κ1) is 14.2. The minimum absolute atomic E-state index is 0.185. The first-order valence-corrected chi connectivity index (χ1v) is 6.76. The SMILES string of the molecule is CC1(C(=O)Nc2ccc(C(N)=S)cc2Cl)CCCO1. The fourth-order valence-corrected chi connectivity index (χ4v) is 2.34. The summed E-state index contributed by atoms with van der Waals surface area (Å²) in [6.45, 7) is 2.39. The summed E-state index contributed by atoms with van der Waals surface area (Å²) in [5, 5.41) is 3.18. The van der Waals surface area contributed by atoms with Gasteiger partial charge < -0.3 is 15.8 Å². The highest BCUT2D eigenvalue weighted by molar-refractivity contribution is 7.80. The van der Waals surface area contributed by atoms with E-state index in [1.54, 1.807) is 25.1 Å². The van der Waals surface area contributed by atoms with Gasteiger partial charge in [0.25, 0.3) is 5.91 Å².